The van der Waals surface area contributed by atoms with E-state index in [1.807, 2.05) is 0 Å². The van der Waals surface area contributed by atoms with Crippen molar-refractivity contribution in [3.05, 3.63) is 66.7 Å². The van der Waals surface area contributed by atoms with Crippen LogP contribution in [0.5, 0.6) is 17.2 Å². The molecule has 0 aliphatic rings. The molecule has 0 N–H and O–H groups in total. The second-order valence-electron chi connectivity index (χ2n) is 6.60. The number of methoxy groups -OCH3 is 1. The van der Waals surface area contributed by atoms with Crippen LogP contribution in [0.15, 0.2) is 61.2 Å². The second-order valence-corrected chi connectivity index (χ2v) is 6.60. The predicted octanol–water partition coefficient (Wildman–Crippen LogP) is 4.50. The minimum atomic E-state index is -0.512. The van der Waals surface area contributed by atoms with Gasteiger partial charge >= 0.3 is 17.9 Å². The molecule has 2 rings (SSSR count). The van der Waals surface area contributed by atoms with Crippen molar-refractivity contribution < 1.29 is 33.3 Å². The van der Waals surface area contributed by atoms with Gasteiger partial charge in [0, 0.05) is 12.5 Å². The molecule has 0 spiro atoms. The van der Waals surface area contributed by atoms with Crippen LogP contribution in [0.4, 0.5) is 0 Å². The fourth-order valence-corrected chi connectivity index (χ4v) is 2.61. The van der Waals surface area contributed by atoms with E-state index in [4.69, 9.17) is 18.9 Å². The topological polar surface area (TPSA) is 88.1 Å². The first-order valence-corrected chi connectivity index (χ1v) is 9.98. The van der Waals surface area contributed by atoms with Gasteiger partial charge in [-0.1, -0.05) is 19.4 Å². The van der Waals surface area contributed by atoms with Crippen molar-refractivity contribution in [3.8, 4) is 17.2 Å². The Morgan fingerprint density at radius 1 is 0.806 bits per heavy atom. The number of hydrogen-bond acceptors (Lipinski definition) is 7. The molecular formula is C24H26O7. The predicted molar refractivity (Wildman–Crippen MR) is 114 cm³/mol. The van der Waals surface area contributed by atoms with Crippen LogP contribution in [0.2, 0.25) is 0 Å². The van der Waals surface area contributed by atoms with Crippen molar-refractivity contribution in [1.82, 2.24) is 0 Å². The molecule has 164 valence electrons. The Balaban J connectivity index is 1.68. The number of unbranched alkanes of at least 4 members (excludes halogenated alkanes) is 3. The number of hydrogen-bond donors (Lipinski definition) is 0. The van der Waals surface area contributed by atoms with Crippen LogP contribution in [0, 0.1) is 0 Å². The Morgan fingerprint density at radius 2 is 1.39 bits per heavy atom. The SMILES string of the molecule is C=CC(=O)OCCCCCCC(=O)Oc1ccc(C(=O)Oc2ccc(OC)cc2)cc1. The largest absolute Gasteiger partial charge is 0.497 e. The van der Waals surface area contributed by atoms with Gasteiger partial charge in [-0.05, 0) is 61.4 Å². The monoisotopic (exact) mass is 426 g/mol. The maximum Gasteiger partial charge on any atom is 0.343 e. The fourth-order valence-electron chi connectivity index (χ4n) is 2.61. The maximum absolute atomic E-state index is 12.2. The standard InChI is InChI=1S/C24H26O7/c1-3-22(25)29-17-7-5-4-6-8-23(26)30-20-11-9-18(10-12-20)24(27)31-21-15-13-19(28-2)14-16-21/h3,9-16H,1,4-8,17H2,2H3. The lowest BCUT2D eigenvalue weighted by Gasteiger charge is -2.07. The first-order chi connectivity index (χ1) is 15.0. The molecule has 0 aliphatic heterocycles. The highest BCUT2D eigenvalue weighted by atomic mass is 16.5. The van der Waals surface area contributed by atoms with E-state index in [9.17, 15) is 14.4 Å². The van der Waals surface area contributed by atoms with Gasteiger partial charge < -0.3 is 18.9 Å². The summed E-state index contributed by atoms with van der Waals surface area (Å²) < 4.78 is 20.5. The summed E-state index contributed by atoms with van der Waals surface area (Å²) in [6.07, 6.45) is 4.52. The minimum absolute atomic E-state index is 0.285. The third kappa shape index (κ3) is 8.74. The van der Waals surface area contributed by atoms with Gasteiger partial charge in [0.1, 0.15) is 17.2 Å². The van der Waals surface area contributed by atoms with E-state index in [-0.39, 0.29) is 12.4 Å². The fraction of sp³-hybridized carbons (Fsp3) is 0.292. The molecule has 0 aliphatic carbocycles. The van der Waals surface area contributed by atoms with Crippen molar-refractivity contribution in [3.63, 3.8) is 0 Å². The van der Waals surface area contributed by atoms with Gasteiger partial charge in [-0.15, -0.1) is 0 Å². The summed E-state index contributed by atoms with van der Waals surface area (Å²) in [6, 6.07) is 12.9. The van der Waals surface area contributed by atoms with Gasteiger partial charge in [0.05, 0.1) is 19.3 Å². The first kappa shape index (κ1) is 23.7. The van der Waals surface area contributed by atoms with Crippen LogP contribution >= 0.6 is 0 Å². The van der Waals surface area contributed by atoms with Crippen LogP contribution < -0.4 is 14.2 Å². The molecule has 0 aromatic heterocycles. The third-order valence-electron chi connectivity index (χ3n) is 4.28. The Labute approximate surface area is 181 Å². The minimum Gasteiger partial charge on any atom is -0.497 e. The summed E-state index contributed by atoms with van der Waals surface area (Å²) in [7, 11) is 1.56. The Bertz CT molecular complexity index is 870. The van der Waals surface area contributed by atoms with E-state index >= 15 is 0 Å². The van der Waals surface area contributed by atoms with Gasteiger partial charge in [0.25, 0.3) is 0 Å². The Kier molecular flexibility index (Phi) is 9.81. The molecule has 0 unspecified atom stereocenters. The highest BCUT2D eigenvalue weighted by molar-refractivity contribution is 5.91. The molecule has 0 saturated heterocycles. The Morgan fingerprint density at radius 3 is 2.03 bits per heavy atom. The van der Waals surface area contributed by atoms with E-state index in [0.717, 1.165) is 25.3 Å². The second kappa shape index (κ2) is 12.8. The van der Waals surface area contributed by atoms with Crippen molar-refractivity contribution in [2.45, 2.75) is 32.1 Å². The first-order valence-electron chi connectivity index (χ1n) is 9.98. The molecule has 2 aromatic carbocycles. The molecule has 7 nitrogen and oxygen atoms in total. The molecule has 7 heteroatoms. The third-order valence-corrected chi connectivity index (χ3v) is 4.28. The summed E-state index contributed by atoms with van der Waals surface area (Å²) in [5, 5.41) is 0. The van der Waals surface area contributed by atoms with E-state index in [1.165, 1.54) is 0 Å². The normalized spacial score (nSPS) is 10.1. The zero-order chi connectivity index (χ0) is 22.5. The van der Waals surface area contributed by atoms with Crippen molar-refractivity contribution in [2.75, 3.05) is 13.7 Å². The van der Waals surface area contributed by atoms with Crippen LogP contribution in [-0.4, -0.2) is 31.6 Å². The van der Waals surface area contributed by atoms with Crippen LogP contribution in [0.1, 0.15) is 42.5 Å². The van der Waals surface area contributed by atoms with E-state index in [2.05, 4.69) is 6.58 Å². The average molecular weight is 426 g/mol. The molecule has 2 aromatic rings. The highest BCUT2D eigenvalue weighted by Crippen LogP contribution is 2.19. The summed E-state index contributed by atoms with van der Waals surface area (Å²) in [4.78, 5) is 35.0. The number of ether oxygens (including phenoxy) is 4. The quantitative estimate of drug-likeness (QED) is 0.214. The van der Waals surface area contributed by atoms with E-state index in [0.29, 0.717) is 35.8 Å². The van der Waals surface area contributed by atoms with Crippen molar-refractivity contribution in [1.29, 1.82) is 0 Å². The molecule has 0 fully saturated rings. The number of benzene rings is 2. The van der Waals surface area contributed by atoms with E-state index < -0.39 is 11.9 Å². The van der Waals surface area contributed by atoms with Crippen LogP contribution in [0.3, 0.4) is 0 Å². The smallest absolute Gasteiger partial charge is 0.343 e. The summed E-state index contributed by atoms with van der Waals surface area (Å²) >= 11 is 0. The Hall–Kier alpha value is -3.61. The van der Waals surface area contributed by atoms with Gasteiger partial charge in [0.15, 0.2) is 0 Å². The molecule has 31 heavy (non-hydrogen) atoms. The van der Waals surface area contributed by atoms with Gasteiger partial charge in [-0.2, -0.15) is 0 Å². The van der Waals surface area contributed by atoms with Gasteiger partial charge in [-0.25, -0.2) is 9.59 Å². The van der Waals surface area contributed by atoms with Crippen molar-refractivity contribution >= 4 is 17.9 Å². The van der Waals surface area contributed by atoms with Crippen LogP contribution in [0.25, 0.3) is 0 Å². The zero-order valence-corrected chi connectivity index (χ0v) is 17.5. The number of carbonyl (C=O) groups is 3. The number of rotatable bonds is 12. The molecule has 0 heterocycles. The lowest BCUT2D eigenvalue weighted by atomic mass is 10.1. The van der Waals surface area contributed by atoms with E-state index in [1.54, 1.807) is 55.6 Å². The lowest BCUT2D eigenvalue weighted by molar-refractivity contribution is -0.137. The van der Waals surface area contributed by atoms with Crippen LogP contribution in [-0.2, 0) is 14.3 Å². The molecule has 0 saturated carbocycles. The molecule has 0 bridgehead atoms. The van der Waals surface area contributed by atoms with Crippen molar-refractivity contribution in [2.24, 2.45) is 0 Å². The van der Waals surface area contributed by atoms with Gasteiger partial charge in [-0.3, -0.25) is 4.79 Å². The number of esters is 3. The highest BCUT2D eigenvalue weighted by Gasteiger charge is 2.10. The number of carbonyl (C=O) groups excluding carboxylic acids is 3. The summed E-state index contributed by atoms with van der Waals surface area (Å²) in [6.45, 7) is 3.68. The molecule has 0 amide bonds. The lowest BCUT2D eigenvalue weighted by Crippen LogP contribution is -2.10. The molecular weight excluding hydrogens is 400 g/mol. The maximum atomic E-state index is 12.2. The zero-order valence-electron chi connectivity index (χ0n) is 17.5. The van der Waals surface area contributed by atoms with Gasteiger partial charge in [0.2, 0.25) is 0 Å². The molecule has 0 atom stereocenters. The summed E-state index contributed by atoms with van der Waals surface area (Å²) in [5.74, 6) is 0.152. The molecule has 0 radical (unpaired) electrons. The average Bonchev–Trinajstić information content (AvgIpc) is 2.79. The summed E-state index contributed by atoms with van der Waals surface area (Å²) in [5.41, 5.74) is 0.341.